The first-order valence-corrected chi connectivity index (χ1v) is 11.1. The molecule has 0 spiro atoms. The lowest BCUT2D eigenvalue weighted by molar-refractivity contribution is -0.112. The normalized spacial score (nSPS) is 11.1. The van der Waals surface area contributed by atoms with Gasteiger partial charge in [-0.05, 0) is 67.8 Å². The number of nitriles is 1. The topological polar surface area (TPSA) is 62.1 Å². The molecule has 0 saturated carbocycles. The van der Waals surface area contributed by atoms with Crippen molar-refractivity contribution >= 4 is 40.9 Å². The van der Waals surface area contributed by atoms with Crippen LogP contribution in [0.15, 0.2) is 54.1 Å². The van der Waals surface area contributed by atoms with Crippen molar-refractivity contribution in [2.45, 2.75) is 27.2 Å². The molecule has 4 nitrogen and oxygen atoms in total. The van der Waals surface area contributed by atoms with Crippen molar-refractivity contribution in [3.8, 4) is 11.8 Å². The molecule has 33 heavy (non-hydrogen) atoms. The van der Waals surface area contributed by atoms with E-state index in [9.17, 15) is 10.1 Å². The molecule has 3 aromatic rings. The molecule has 6 heteroatoms. The number of nitrogens with one attached hydrogen (secondary N) is 1. The van der Waals surface area contributed by atoms with Crippen LogP contribution in [0.1, 0.15) is 33.4 Å². The highest BCUT2D eigenvalue weighted by Crippen LogP contribution is 2.32. The maximum absolute atomic E-state index is 12.7. The third kappa shape index (κ3) is 6.16. The fraction of sp³-hybridized carbons (Fsp3) is 0.185. The summed E-state index contributed by atoms with van der Waals surface area (Å²) in [6.07, 6.45) is 2.10. The van der Waals surface area contributed by atoms with E-state index in [0.29, 0.717) is 33.5 Å². The number of aryl methyl sites for hydroxylation is 3. The Bertz CT molecular complexity index is 1270. The van der Waals surface area contributed by atoms with Crippen LogP contribution in [0.5, 0.6) is 5.75 Å². The highest BCUT2D eigenvalue weighted by atomic mass is 35.5. The Morgan fingerprint density at radius 3 is 2.39 bits per heavy atom. The van der Waals surface area contributed by atoms with E-state index in [1.807, 2.05) is 13.0 Å². The second kappa shape index (κ2) is 10.6. The van der Waals surface area contributed by atoms with Gasteiger partial charge in [-0.2, -0.15) is 5.26 Å². The standard InChI is InChI=1S/C27H24Cl2N2O2/c1-16-7-17(2)9-19(8-16)11-23-24(29)12-20(13-26(23)33-4)10-21(15-30)27(32)31-25-14-22(28)6-5-18(25)3/h5-10,12-14H,11H2,1-4H3,(H,31,32)/b21-10+. The third-order valence-corrected chi connectivity index (χ3v) is 5.76. The van der Waals surface area contributed by atoms with Gasteiger partial charge in [-0.25, -0.2) is 0 Å². The van der Waals surface area contributed by atoms with Gasteiger partial charge in [0.2, 0.25) is 0 Å². The molecule has 0 atom stereocenters. The number of hydrogen-bond donors (Lipinski definition) is 1. The van der Waals surface area contributed by atoms with Gasteiger partial charge >= 0.3 is 0 Å². The van der Waals surface area contributed by atoms with Crippen LogP contribution in [-0.2, 0) is 11.2 Å². The van der Waals surface area contributed by atoms with Gasteiger partial charge in [-0.15, -0.1) is 0 Å². The molecule has 0 heterocycles. The van der Waals surface area contributed by atoms with Crippen molar-refractivity contribution in [2.75, 3.05) is 12.4 Å². The minimum absolute atomic E-state index is 0.0606. The number of carbonyl (C=O) groups is 1. The Labute approximate surface area is 204 Å². The average Bonchev–Trinajstić information content (AvgIpc) is 2.75. The maximum Gasteiger partial charge on any atom is 0.266 e. The van der Waals surface area contributed by atoms with Crippen molar-refractivity contribution in [3.63, 3.8) is 0 Å². The molecule has 1 amide bonds. The molecule has 0 aliphatic heterocycles. The van der Waals surface area contributed by atoms with Gasteiger partial charge in [-0.3, -0.25) is 4.79 Å². The summed E-state index contributed by atoms with van der Waals surface area (Å²) in [5.74, 6) is 0.0635. The zero-order valence-electron chi connectivity index (χ0n) is 18.9. The number of anilines is 1. The predicted octanol–water partition coefficient (Wildman–Crippen LogP) is 7.06. The Kier molecular flexibility index (Phi) is 7.81. The summed E-state index contributed by atoms with van der Waals surface area (Å²) < 4.78 is 5.59. The van der Waals surface area contributed by atoms with Gasteiger partial charge in [0.15, 0.2) is 0 Å². The van der Waals surface area contributed by atoms with E-state index in [-0.39, 0.29) is 5.57 Å². The van der Waals surface area contributed by atoms with Gasteiger partial charge in [0.25, 0.3) is 5.91 Å². The second-order valence-electron chi connectivity index (χ2n) is 7.94. The maximum atomic E-state index is 12.7. The van der Waals surface area contributed by atoms with Gasteiger partial charge < -0.3 is 10.1 Å². The second-order valence-corrected chi connectivity index (χ2v) is 8.78. The first-order chi connectivity index (χ1) is 15.7. The van der Waals surface area contributed by atoms with E-state index in [4.69, 9.17) is 27.9 Å². The largest absolute Gasteiger partial charge is 0.496 e. The molecule has 0 aromatic heterocycles. The number of hydrogen-bond acceptors (Lipinski definition) is 3. The number of halogens is 2. The van der Waals surface area contributed by atoms with Crippen LogP contribution in [0.2, 0.25) is 10.0 Å². The number of amides is 1. The first-order valence-electron chi connectivity index (χ1n) is 10.3. The smallest absolute Gasteiger partial charge is 0.266 e. The summed E-state index contributed by atoms with van der Waals surface area (Å²) in [6.45, 7) is 5.96. The summed E-state index contributed by atoms with van der Waals surface area (Å²) in [5.41, 5.74) is 6.26. The Balaban J connectivity index is 1.91. The van der Waals surface area contributed by atoms with Crippen LogP contribution in [-0.4, -0.2) is 13.0 Å². The number of nitrogens with zero attached hydrogens (tertiary/aromatic N) is 1. The van der Waals surface area contributed by atoms with Crippen molar-refractivity contribution < 1.29 is 9.53 Å². The van der Waals surface area contributed by atoms with Crippen molar-refractivity contribution in [1.29, 1.82) is 5.26 Å². The van der Waals surface area contributed by atoms with Crippen molar-refractivity contribution in [3.05, 3.63) is 97.5 Å². The van der Waals surface area contributed by atoms with Crippen LogP contribution in [0, 0.1) is 32.1 Å². The van der Waals surface area contributed by atoms with Crippen LogP contribution >= 0.6 is 23.2 Å². The number of carbonyl (C=O) groups excluding carboxylic acids is 1. The predicted molar refractivity (Wildman–Crippen MR) is 135 cm³/mol. The summed E-state index contributed by atoms with van der Waals surface area (Å²) in [7, 11) is 1.57. The highest BCUT2D eigenvalue weighted by Gasteiger charge is 2.15. The van der Waals surface area contributed by atoms with Crippen molar-refractivity contribution in [1.82, 2.24) is 0 Å². The lowest BCUT2D eigenvalue weighted by Crippen LogP contribution is -2.14. The molecule has 0 bridgehead atoms. The summed E-state index contributed by atoms with van der Waals surface area (Å²) in [5, 5.41) is 13.3. The molecule has 0 aliphatic rings. The molecule has 0 aliphatic carbocycles. The summed E-state index contributed by atoms with van der Waals surface area (Å²) in [4.78, 5) is 12.7. The van der Waals surface area contributed by atoms with Crippen LogP contribution in [0.25, 0.3) is 6.08 Å². The summed E-state index contributed by atoms with van der Waals surface area (Å²) >= 11 is 12.6. The molecule has 1 N–H and O–H groups in total. The number of methoxy groups -OCH3 is 1. The SMILES string of the molecule is COc1cc(/C=C(\C#N)C(=O)Nc2cc(Cl)ccc2C)cc(Cl)c1Cc1cc(C)cc(C)c1. The molecule has 0 saturated heterocycles. The number of rotatable bonds is 6. The molecular formula is C27H24Cl2N2O2. The Morgan fingerprint density at radius 2 is 1.76 bits per heavy atom. The lowest BCUT2D eigenvalue weighted by Gasteiger charge is -2.13. The van der Waals surface area contributed by atoms with Gasteiger partial charge in [0, 0.05) is 27.7 Å². The van der Waals surface area contributed by atoms with E-state index in [1.165, 1.54) is 17.2 Å². The molecule has 168 valence electrons. The Hall–Kier alpha value is -3.26. The fourth-order valence-electron chi connectivity index (χ4n) is 3.68. The van der Waals surface area contributed by atoms with Gasteiger partial charge in [-0.1, -0.05) is 58.6 Å². The molecule has 3 rings (SSSR count). The van der Waals surface area contributed by atoms with Crippen LogP contribution in [0.4, 0.5) is 5.69 Å². The van der Waals surface area contributed by atoms with Crippen LogP contribution < -0.4 is 10.1 Å². The minimum atomic E-state index is -0.530. The average molecular weight is 479 g/mol. The van der Waals surface area contributed by atoms with Gasteiger partial charge in [0.05, 0.1) is 7.11 Å². The number of ether oxygens (including phenoxy) is 1. The van der Waals surface area contributed by atoms with E-state index in [1.54, 1.807) is 37.4 Å². The zero-order valence-corrected chi connectivity index (χ0v) is 20.4. The Morgan fingerprint density at radius 1 is 1.06 bits per heavy atom. The summed E-state index contributed by atoms with van der Waals surface area (Å²) in [6, 6.07) is 17.0. The van der Waals surface area contributed by atoms with Crippen molar-refractivity contribution in [2.24, 2.45) is 0 Å². The van der Waals surface area contributed by atoms with Gasteiger partial charge in [0.1, 0.15) is 17.4 Å². The molecule has 0 radical (unpaired) electrons. The monoisotopic (exact) mass is 478 g/mol. The minimum Gasteiger partial charge on any atom is -0.496 e. The lowest BCUT2D eigenvalue weighted by atomic mass is 9.98. The van der Waals surface area contributed by atoms with E-state index in [2.05, 4.69) is 37.4 Å². The zero-order chi connectivity index (χ0) is 24.1. The first kappa shape index (κ1) is 24.4. The highest BCUT2D eigenvalue weighted by molar-refractivity contribution is 6.32. The fourth-order valence-corrected chi connectivity index (χ4v) is 4.14. The molecule has 0 unspecified atom stereocenters. The van der Waals surface area contributed by atoms with E-state index < -0.39 is 5.91 Å². The molecule has 3 aromatic carbocycles. The molecule has 0 fully saturated rings. The number of benzene rings is 3. The molecular weight excluding hydrogens is 455 g/mol. The van der Waals surface area contributed by atoms with E-state index >= 15 is 0 Å². The third-order valence-electron chi connectivity index (χ3n) is 5.18. The van der Waals surface area contributed by atoms with Crippen LogP contribution in [0.3, 0.4) is 0 Å². The van der Waals surface area contributed by atoms with E-state index in [0.717, 1.165) is 16.7 Å². The quantitative estimate of drug-likeness (QED) is 0.304.